The lowest BCUT2D eigenvalue weighted by atomic mass is 10.1. The molecule has 28 heteroatoms. The molecule has 4 saturated heterocycles. The number of aromatic nitrogens is 14. The van der Waals surface area contributed by atoms with Gasteiger partial charge in [-0.15, -0.1) is 0 Å². The number of hydrogen-bond acceptors (Lipinski definition) is 18. The van der Waals surface area contributed by atoms with E-state index in [9.17, 15) is 28.0 Å². The minimum Gasteiger partial charge on any atom is -0.353 e. The van der Waals surface area contributed by atoms with Gasteiger partial charge in [0.25, 0.3) is 0 Å². The van der Waals surface area contributed by atoms with Crippen LogP contribution in [0, 0.1) is 25.5 Å². The molecule has 0 saturated carbocycles. The van der Waals surface area contributed by atoms with Crippen LogP contribution in [0.25, 0.3) is 101 Å². The zero-order valence-electron chi connectivity index (χ0n) is 75.7. The molecule has 0 atom stereocenters. The summed E-state index contributed by atoms with van der Waals surface area (Å²) in [5.74, 6) is 3.18. The summed E-state index contributed by atoms with van der Waals surface area (Å²) in [6.07, 6.45) is 10.4. The lowest BCUT2D eigenvalue weighted by Crippen LogP contribution is -2.50. The normalized spacial score (nSPS) is 13.8. The summed E-state index contributed by atoms with van der Waals surface area (Å²) in [7, 11) is 0. The van der Waals surface area contributed by atoms with Crippen molar-refractivity contribution in [1.82, 2.24) is 88.6 Å². The van der Waals surface area contributed by atoms with Gasteiger partial charge in [0.2, 0.25) is 29.6 Å². The van der Waals surface area contributed by atoms with Crippen LogP contribution in [0.4, 0.5) is 32.2 Å². The molecule has 0 unspecified atom stereocenters. The van der Waals surface area contributed by atoms with E-state index in [1.54, 1.807) is 84.7 Å². The second-order valence-electron chi connectivity index (χ2n) is 33.5. The number of halogens is 2. The number of amides is 4. The monoisotopic (exact) mass is 1810 g/mol. The van der Waals surface area contributed by atoms with E-state index in [1.165, 1.54) is 17.5 Å². The highest BCUT2D eigenvalue weighted by molar-refractivity contribution is 5.92. The second-order valence-corrected chi connectivity index (χ2v) is 33.5. The van der Waals surface area contributed by atoms with Crippen molar-refractivity contribution >= 4 is 57.8 Å². The molecule has 0 bridgehead atoms. The molecule has 4 aliphatic heterocycles. The first kappa shape index (κ1) is 90.0. The van der Waals surface area contributed by atoms with Crippen LogP contribution in [0.3, 0.4) is 0 Å². The van der Waals surface area contributed by atoms with Crippen molar-refractivity contribution in [1.29, 1.82) is 0 Å². The maximum absolute atomic E-state index is 13.9. The standard InChI is InChI=1S/C30H27N5O.C27H26FN5O.C26H25FN6O.C25H24N6O/c36-29(33-17-19-34(20-18-33)30-26-14-8-7-9-23(26)15-16-31-30)22-35-28(25-12-5-2-6-13-25)21-27(32-35)24-10-3-1-4-11-24;1-20-17-22(10-11-23(20)28)25-18-24(21-7-3-2-4-8-21)30-33(25)19-27(34)32-15-13-31(14-16-32)26-9-5-6-12-29-26;1-19-16-21(8-9-22(19)27)24-17-23(20-6-3-2-4-7-20)30-33(24)18-25(34)31-12-14-32(15-13-31)26-28-10-5-11-29-26;32-25(30-15-13-29(14-16-30)24-11-12-26-19-27-24)18-31-23(21-9-5-2-6-10-21)17-22(28-31)20-7-3-1-4-8-20/h1-16,21H,17-20,22H2;2-12,17-18H,13-16,19H2,1H3;2-11,16-17H,12-15,18H2,1H3;1-12,17,19H,13-16,18H2. The molecule has 12 heterocycles. The van der Waals surface area contributed by atoms with Crippen LogP contribution in [0.2, 0.25) is 0 Å². The number of benzene rings is 9. The largest absolute Gasteiger partial charge is 0.353 e. The number of rotatable bonds is 20. The number of hydrogen-bond donors (Lipinski definition) is 0. The lowest BCUT2D eigenvalue weighted by Gasteiger charge is -2.36. The summed E-state index contributed by atoms with van der Waals surface area (Å²) < 4.78 is 34.9. The topological polar surface area (TPSA) is 243 Å². The Bertz CT molecular complexity index is 6670. The van der Waals surface area contributed by atoms with E-state index >= 15 is 0 Å². The molecule has 0 radical (unpaired) electrons. The minimum atomic E-state index is -0.255. The van der Waals surface area contributed by atoms with Gasteiger partial charge in [0.05, 0.1) is 45.6 Å². The second kappa shape index (κ2) is 42.8. The van der Waals surface area contributed by atoms with E-state index in [0.717, 1.165) is 152 Å². The number of piperazine rings is 4. The fourth-order valence-corrected chi connectivity index (χ4v) is 17.3. The third-order valence-corrected chi connectivity index (χ3v) is 24.8. The minimum absolute atomic E-state index is 0.00331. The number of carbonyl (C=O) groups excluding carboxylic acids is 4. The van der Waals surface area contributed by atoms with Gasteiger partial charge in [-0.2, -0.15) is 20.4 Å². The summed E-state index contributed by atoms with van der Waals surface area (Å²) in [5.41, 5.74) is 15.6. The van der Waals surface area contributed by atoms with E-state index in [0.29, 0.717) is 82.5 Å². The molecule has 4 aliphatic rings. The molecule has 17 aromatic rings. The SMILES string of the molecule is Cc1cc(-c2cc(-c3ccccc3)nn2CC(=O)N2CCN(c3ccccn3)CC2)ccc1F.Cc1cc(-c2cc(-c3ccccc3)nn2CC(=O)N2CCN(c3ncccn3)CC2)ccc1F.O=C(Cn1nc(-c2ccccc2)cc1-c1ccccc1)N1CCN(c2ccncn2)CC1.O=C(Cn1nc(-c2ccccc2)cc1-c1ccccc1)N1CCN(c2nccc3ccccc23)CC1. The fraction of sp³-hybridized carbons (Fsp3) is 0.204. The molecular weight excluding hydrogens is 1710 g/mol. The van der Waals surface area contributed by atoms with Crippen LogP contribution in [-0.2, 0) is 45.4 Å². The first-order valence-corrected chi connectivity index (χ1v) is 45.8. The smallest absolute Gasteiger partial charge is 0.244 e. The summed E-state index contributed by atoms with van der Waals surface area (Å²) in [6, 6.07) is 98.0. The lowest BCUT2D eigenvalue weighted by molar-refractivity contribution is -0.133. The number of carbonyl (C=O) groups is 4. The van der Waals surface area contributed by atoms with Gasteiger partial charge in [-0.05, 0) is 132 Å². The zero-order chi connectivity index (χ0) is 93.1. The highest BCUT2D eigenvalue weighted by Gasteiger charge is 2.31. The van der Waals surface area contributed by atoms with Crippen molar-refractivity contribution in [2.24, 2.45) is 0 Å². The van der Waals surface area contributed by atoms with Crippen molar-refractivity contribution < 1.29 is 28.0 Å². The molecule has 26 nitrogen and oxygen atoms in total. The zero-order valence-corrected chi connectivity index (χ0v) is 75.7. The van der Waals surface area contributed by atoms with Crippen molar-refractivity contribution in [3.8, 4) is 90.1 Å². The molecule has 9 aromatic carbocycles. The average Bonchev–Trinajstić information content (AvgIpc) is 1.24. The molecule has 0 spiro atoms. The predicted octanol–water partition coefficient (Wildman–Crippen LogP) is 16.7. The number of aryl methyl sites for hydroxylation is 2. The molecule has 8 aromatic heterocycles. The molecule has 0 N–H and O–H groups in total. The Balaban J connectivity index is 0.000000121. The van der Waals surface area contributed by atoms with Gasteiger partial charge < -0.3 is 39.2 Å². The predicted molar refractivity (Wildman–Crippen MR) is 527 cm³/mol. The Morgan fingerprint density at radius 3 is 0.963 bits per heavy atom. The molecule has 136 heavy (non-hydrogen) atoms. The Kier molecular flexibility index (Phi) is 28.3. The molecule has 4 fully saturated rings. The van der Waals surface area contributed by atoms with E-state index in [2.05, 4.69) is 85.9 Å². The van der Waals surface area contributed by atoms with Gasteiger partial charge in [0, 0.05) is 174 Å². The van der Waals surface area contributed by atoms with Gasteiger partial charge >= 0.3 is 0 Å². The van der Waals surface area contributed by atoms with Crippen molar-refractivity contribution in [2.45, 2.75) is 40.0 Å². The van der Waals surface area contributed by atoms with Crippen LogP contribution in [0.15, 0.2) is 341 Å². The number of nitrogens with zero attached hydrogens (tertiary/aromatic N) is 22. The molecular formula is C108H102F2N22O4. The summed E-state index contributed by atoms with van der Waals surface area (Å²) in [6.45, 7) is 15.1. The Morgan fingerprint density at radius 2 is 0.603 bits per heavy atom. The quantitative estimate of drug-likeness (QED) is 0.0688. The van der Waals surface area contributed by atoms with Gasteiger partial charge in [-0.1, -0.05) is 212 Å². The van der Waals surface area contributed by atoms with Crippen LogP contribution in [0.5, 0.6) is 0 Å². The third-order valence-electron chi connectivity index (χ3n) is 24.8. The fourth-order valence-electron chi connectivity index (χ4n) is 17.3. The Labute approximate surface area is 787 Å². The van der Waals surface area contributed by atoms with Crippen LogP contribution in [-0.4, -0.2) is 217 Å². The van der Waals surface area contributed by atoms with Crippen molar-refractivity contribution in [3.05, 3.63) is 363 Å². The van der Waals surface area contributed by atoms with Crippen LogP contribution < -0.4 is 19.6 Å². The first-order valence-electron chi connectivity index (χ1n) is 45.8. The molecule has 682 valence electrons. The van der Waals surface area contributed by atoms with Gasteiger partial charge in [-0.3, -0.25) is 37.9 Å². The summed E-state index contributed by atoms with van der Waals surface area (Å²) in [4.78, 5) is 95.3. The first-order chi connectivity index (χ1) is 66.7. The van der Waals surface area contributed by atoms with Crippen LogP contribution in [0.1, 0.15) is 11.1 Å². The number of fused-ring (bicyclic) bond motifs is 1. The highest BCUT2D eigenvalue weighted by Crippen LogP contribution is 2.34. The van der Waals surface area contributed by atoms with E-state index in [-0.39, 0.29) is 61.4 Å². The number of pyridine rings is 2. The summed E-state index contributed by atoms with van der Waals surface area (Å²) >= 11 is 0. The van der Waals surface area contributed by atoms with E-state index in [1.807, 2.05) is 260 Å². The Hall–Kier alpha value is -16.5. The molecule has 4 amide bonds. The Morgan fingerprint density at radius 1 is 0.272 bits per heavy atom. The molecule has 21 rings (SSSR count). The van der Waals surface area contributed by atoms with Gasteiger partial charge in [0.1, 0.15) is 61.6 Å². The highest BCUT2D eigenvalue weighted by atomic mass is 19.1. The van der Waals surface area contributed by atoms with Crippen molar-refractivity contribution in [3.63, 3.8) is 0 Å². The van der Waals surface area contributed by atoms with Gasteiger partial charge in [-0.25, -0.2) is 38.7 Å². The maximum atomic E-state index is 13.9. The number of anilines is 4. The third kappa shape index (κ3) is 21.8. The van der Waals surface area contributed by atoms with E-state index < -0.39 is 0 Å². The molecule has 0 aliphatic carbocycles. The van der Waals surface area contributed by atoms with Gasteiger partial charge in [0.15, 0.2) is 0 Å². The average molecular weight is 1810 g/mol. The summed E-state index contributed by atoms with van der Waals surface area (Å²) in [5, 5.41) is 21.5. The van der Waals surface area contributed by atoms with Crippen molar-refractivity contribution in [2.75, 3.05) is 124 Å². The van der Waals surface area contributed by atoms with E-state index in [4.69, 9.17) is 20.4 Å². The maximum Gasteiger partial charge on any atom is 0.244 e. The van der Waals surface area contributed by atoms with Crippen LogP contribution >= 0.6 is 0 Å².